The fourth-order valence-electron chi connectivity index (χ4n) is 3.24. The fraction of sp³-hybridized carbons (Fsp3) is 0.318. The Morgan fingerprint density at radius 2 is 1.61 bits per heavy atom. The van der Waals surface area contributed by atoms with Gasteiger partial charge in [0.1, 0.15) is 0 Å². The molecule has 28 heavy (non-hydrogen) atoms. The summed E-state index contributed by atoms with van der Waals surface area (Å²) < 4.78 is 0. The molecule has 0 atom stereocenters. The molecule has 1 aliphatic heterocycles. The van der Waals surface area contributed by atoms with Gasteiger partial charge in [-0.05, 0) is 44.3 Å². The first-order chi connectivity index (χ1) is 13.3. The molecule has 0 fully saturated rings. The van der Waals surface area contributed by atoms with E-state index < -0.39 is 0 Å². The van der Waals surface area contributed by atoms with Crippen molar-refractivity contribution in [2.45, 2.75) is 26.4 Å². The van der Waals surface area contributed by atoms with Crippen LogP contribution >= 0.6 is 0 Å². The molecule has 6 heteroatoms. The summed E-state index contributed by atoms with van der Waals surface area (Å²) in [6.45, 7) is 3.25. The minimum Gasteiger partial charge on any atom is -0.352 e. The van der Waals surface area contributed by atoms with E-state index in [-0.39, 0.29) is 30.7 Å². The SMILES string of the molecule is Cc1ccc2c(c1)C(=O)N(CCC(=O)NCc1ccc(CN(C)C)cc1)C2=O. The summed E-state index contributed by atoms with van der Waals surface area (Å²) in [5.74, 6) is -0.845. The third-order valence-electron chi connectivity index (χ3n) is 4.70. The van der Waals surface area contributed by atoms with E-state index >= 15 is 0 Å². The lowest BCUT2D eigenvalue weighted by atomic mass is 10.1. The van der Waals surface area contributed by atoms with Crippen molar-refractivity contribution >= 4 is 17.7 Å². The molecule has 3 rings (SSSR count). The number of benzene rings is 2. The summed E-state index contributed by atoms with van der Waals surface area (Å²) in [6.07, 6.45) is 0.0865. The van der Waals surface area contributed by atoms with Crippen molar-refractivity contribution in [3.05, 3.63) is 70.3 Å². The number of nitrogens with zero attached hydrogens (tertiary/aromatic N) is 2. The Balaban J connectivity index is 1.50. The van der Waals surface area contributed by atoms with Gasteiger partial charge in [-0.25, -0.2) is 0 Å². The van der Waals surface area contributed by atoms with Crippen molar-refractivity contribution in [1.82, 2.24) is 15.1 Å². The minimum atomic E-state index is -0.329. The van der Waals surface area contributed by atoms with Crippen molar-refractivity contribution < 1.29 is 14.4 Å². The normalized spacial score (nSPS) is 13.2. The molecule has 0 radical (unpaired) electrons. The Morgan fingerprint density at radius 3 is 2.29 bits per heavy atom. The number of rotatable bonds is 7. The Morgan fingerprint density at radius 1 is 0.964 bits per heavy atom. The Hall–Kier alpha value is -2.99. The maximum atomic E-state index is 12.4. The van der Waals surface area contributed by atoms with Crippen molar-refractivity contribution in [2.24, 2.45) is 0 Å². The molecule has 0 aromatic heterocycles. The molecule has 0 spiro atoms. The number of hydrogen-bond acceptors (Lipinski definition) is 4. The maximum absolute atomic E-state index is 12.4. The molecule has 0 aliphatic carbocycles. The van der Waals surface area contributed by atoms with Crippen LogP contribution in [0.3, 0.4) is 0 Å². The Labute approximate surface area is 165 Å². The smallest absolute Gasteiger partial charge is 0.261 e. The predicted molar refractivity (Wildman–Crippen MR) is 107 cm³/mol. The summed E-state index contributed by atoms with van der Waals surface area (Å²) in [6, 6.07) is 13.3. The Kier molecular flexibility index (Phi) is 5.90. The highest BCUT2D eigenvalue weighted by molar-refractivity contribution is 6.21. The van der Waals surface area contributed by atoms with Gasteiger partial charge in [0.15, 0.2) is 0 Å². The van der Waals surface area contributed by atoms with E-state index in [1.165, 1.54) is 5.56 Å². The van der Waals surface area contributed by atoms with Crippen LogP contribution in [0.25, 0.3) is 0 Å². The van der Waals surface area contributed by atoms with Crippen molar-refractivity contribution in [1.29, 1.82) is 0 Å². The van der Waals surface area contributed by atoms with Gasteiger partial charge in [-0.3, -0.25) is 19.3 Å². The van der Waals surface area contributed by atoms with E-state index in [1.807, 2.05) is 51.4 Å². The third-order valence-corrected chi connectivity index (χ3v) is 4.70. The van der Waals surface area contributed by atoms with E-state index in [1.54, 1.807) is 12.1 Å². The second-order valence-corrected chi connectivity index (χ2v) is 7.39. The molecule has 2 aromatic rings. The van der Waals surface area contributed by atoms with E-state index in [9.17, 15) is 14.4 Å². The molecule has 146 valence electrons. The fourth-order valence-corrected chi connectivity index (χ4v) is 3.24. The van der Waals surface area contributed by atoms with Gasteiger partial charge in [-0.2, -0.15) is 0 Å². The molecule has 1 heterocycles. The molecule has 1 aliphatic rings. The lowest BCUT2D eigenvalue weighted by Gasteiger charge is -2.14. The number of nitrogens with one attached hydrogen (secondary N) is 1. The zero-order valence-electron chi connectivity index (χ0n) is 16.5. The largest absolute Gasteiger partial charge is 0.352 e. The minimum absolute atomic E-state index is 0.0823. The number of carbonyl (C=O) groups excluding carboxylic acids is 3. The highest BCUT2D eigenvalue weighted by Crippen LogP contribution is 2.23. The Bertz CT molecular complexity index is 904. The second-order valence-electron chi connectivity index (χ2n) is 7.39. The summed E-state index contributed by atoms with van der Waals surface area (Å²) in [7, 11) is 4.04. The summed E-state index contributed by atoms with van der Waals surface area (Å²) in [5, 5.41) is 2.84. The monoisotopic (exact) mass is 379 g/mol. The summed E-state index contributed by atoms with van der Waals surface area (Å²) in [5.41, 5.74) is 3.97. The van der Waals surface area contributed by atoms with Crippen LogP contribution in [0.1, 0.15) is 43.8 Å². The van der Waals surface area contributed by atoms with Crippen LogP contribution in [0.4, 0.5) is 0 Å². The topological polar surface area (TPSA) is 69.7 Å². The number of amides is 3. The average molecular weight is 379 g/mol. The van der Waals surface area contributed by atoms with E-state index in [0.29, 0.717) is 17.7 Å². The molecule has 0 unspecified atom stereocenters. The van der Waals surface area contributed by atoms with Crippen LogP contribution in [-0.4, -0.2) is 48.2 Å². The number of fused-ring (bicyclic) bond motifs is 1. The van der Waals surface area contributed by atoms with E-state index in [2.05, 4.69) is 10.2 Å². The molecule has 0 saturated carbocycles. The van der Waals surface area contributed by atoms with Gasteiger partial charge < -0.3 is 10.2 Å². The molecule has 3 amide bonds. The zero-order valence-corrected chi connectivity index (χ0v) is 16.5. The van der Waals surface area contributed by atoms with Gasteiger partial charge in [0.25, 0.3) is 11.8 Å². The highest BCUT2D eigenvalue weighted by Gasteiger charge is 2.35. The highest BCUT2D eigenvalue weighted by atomic mass is 16.2. The lowest BCUT2D eigenvalue weighted by molar-refractivity contribution is -0.121. The van der Waals surface area contributed by atoms with Gasteiger partial charge in [-0.1, -0.05) is 35.9 Å². The van der Waals surface area contributed by atoms with Crippen LogP contribution in [0.2, 0.25) is 0 Å². The first kappa shape index (κ1) is 19.8. The standard InChI is InChI=1S/C22H25N3O3/c1-15-4-9-18-19(12-15)22(28)25(21(18)27)11-10-20(26)23-13-16-5-7-17(8-6-16)14-24(2)3/h4-9,12H,10-11,13-14H2,1-3H3,(H,23,26). The van der Waals surface area contributed by atoms with Crippen LogP contribution in [0, 0.1) is 6.92 Å². The molecule has 2 aromatic carbocycles. The molecule has 6 nitrogen and oxygen atoms in total. The maximum Gasteiger partial charge on any atom is 0.261 e. The van der Waals surface area contributed by atoms with Crippen molar-refractivity contribution in [3.8, 4) is 0 Å². The summed E-state index contributed by atoms with van der Waals surface area (Å²) in [4.78, 5) is 40.2. The molecule has 0 bridgehead atoms. The molecule has 0 saturated heterocycles. The number of carbonyl (C=O) groups is 3. The van der Waals surface area contributed by atoms with Gasteiger partial charge in [0.2, 0.25) is 5.91 Å². The quantitative estimate of drug-likeness (QED) is 0.750. The molecular formula is C22H25N3O3. The van der Waals surface area contributed by atoms with E-state index in [0.717, 1.165) is 22.6 Å². The van der Waals surface area contributed by atoms with Gasteiger partial charge >= 0.3 is 0 Å². The van der Waals surface area contributed by atoms with Crippen LogP contribution in [0.5, 0.6) is 0 Å². The number of imide groups is 1. The van der Waals surface area contributed by atoms with E-state index in [4.69, 9.17) is 0 Å². The molecular weight excluding hydrogens is 354 g/mol. The lowest BCUT2D eigenvalue weighted by Crippen LogP contribution is -2.34. The van der Waals surface area contributed by atoms with Crippen molar-refractivity contribution in [2.75, 3.05) is 20.6 Å². The second kappa shape index (κ2) is 8.35. The number of hydrogen-bond donors (Lipinski definition) is 1. The van der Waals surface area contributed by atoms with Crippen LogP contribution < -0.4 is 5.32 Å². The number of aryl methyl sites for hydroxylation is 1. The average Bonchev–Trinajstić information content (AvgIpc) is 2.89. The summed E-state index contributed by atoms with van der Waals surface area (Å²) >= 11 is 0. The molecule has 1 N–H and O–H groups in total. The third kappa shape index (κ3) is 4.46. The van der Waals surface area contributed by atoms with Crippen LogP contribution in [-0.2, 0) is 17.9 Å². The first-order valence-electron chi connectivity index (χ1n) is 9.31. The van der Waals surface area contributed by atoms with Gasteiger partial charge in [-0.15, -0.1) is 0 Å². The predicted octanol–water partition coefficient (Wildman–Crippen LogP) is 2.36. The first-order valence-corrected chi connectivity index (χ1v) is 9.31. The van der Waals surface area contributed by atoms with Gasteiger partial charge in [0.05, 0.1) is 11.1 Å². The zero-order chi connectivity index (χ0) is 20.3. The van der Waals surface area contributed by atoms with Gasteiger partial charge in [0, 0.05) is 26.1 Å². The van der Waals surface area contributed by atoms with Crippen molar-refractivity contribution in [3.63, 3.8) is 0 Å². The van der Waals surface area contributed by atoms with Crippen LogP contribution in [0.15, 0.2) is 42.5 Å².